The molecule has 1 saturated heterocycles. The monoisotopic (exact) mass is 280 g/mol. The first kappa shape index (κ1) is 14.1. The SMILES string of the molecule is CCNc1cncc(C(=O)N2CCSC(C)C2C)n1. The Morgan fingerprint density at radius 1 is 1.53 bits per heavy atom. The van der Waals surface area contributed by atoms with Crippen LogP contribution in [0.3, 0.4) is 0 Å². The highest BCUT2D eigenvalue weighted by Gasteiger charge is 2.30. The average Bonchev–Trinajstić information content (AvgIpc) is 2.42. The van der Waals surface area contributed by atoms with E-state index in [1.807, 2.05) is 23.6 Å². The maximum absolute atomic E-state index is 12.5. The molecule has 0 saturated carbocycles. The van der Waals surface area contributed by atoms with E-state index in [0.717, 1.165) is 18.8 Å². The number of thioether (sulfide) groups is 1. The minimum Gasteiger partial charge on any atom is -0.369 e. The Balaban J connectivity index is 2.16. The molecule has 1 N–H and O–H groups in total. The molecule has 0 radical (unpaired) electrons. The van der Waals surface area contributed by atoms with Gasteiger partial charge in [-0.15, -0.1) is 0 Å². The van der Waals surface area contributed by atoms with Crippen LogP contribution in [-0.4, -0.2) is 50.9 Å². The Labute approximate surface area is 118 Å². The van der Waals surface area contributed by atoms with Crippen molar-refractivity contribution in [3.8, 4) is 0 Å². The second kappa shape index (κ2) is 6.23. The van der Waals surface area contributed by atoms with Crippen molar-refractivity contribution >= 4 is 23.5 Å². The lowest BCUT2D eigenvalue weighted by molar-refractivity contribution is 0.0692. The Bertz CT molecular complexity index is 454. The summed E-state index contributed by atoms with van der Waals surface area (Å²) in [5, 5.41) is 3.54. The Hall–Kier alpha value is -1.30. The van der Waals surface area contributed by atoms with Crippen LogP contribution in [0.25, 0.3) is 0 Å². The summed E-state index contributed by atoms with van der Waals surface area (Å²) < 4.78 is 0. The third kappa shape index (κ3) is 3.18. The van der Waals surface area contributed by atoms with E-state index in [4.69, 9.17) is 0 Å². The van der Waals surface area contributed by atoms with Crippen molar-refractivity contribution < 1.29 is 4.79 Å². The largest absolute Gasteiger partial charge is 0.369 e. The Kier molecular flexibility index (Phi) is 4.63. The third-order valence-electron chi connectivity index (χ3n) is 3.36. The molecule has 2 atom stereocenters. The maximum atomic E-state index is 12.5. The first-order valence-corrected chi connectivity index (χ1v) is 7.66. The van der Waals surface area contributed by atoms with Crippen LogP contribution < -0.4 is 5.32 Å². The summed E-state index contributed by atoms with van der Waals surface area (Å²) in [6.45, 7) is 7.79. The summed E-state index contributed by atoms with van der Waals surface area (Å²) in [6, 6.07) is 0.232. The van der Waals surface area contributed by atoms with Gasteiger partial charge < -0.3 is 10.2 Å². The summed E-state index contributed by atoms with van der Waals surface area (Å²) >= 11 is 1.91. The number of hydrogen-bond donors (Lipinski definition) is 1. The van der Waals surface area contributed by atoms with Gasteiger partial charge >= 0.3 is 0 Å². The molecular formula is C13H20N4OS. The van der Waals surface area contributed by atoms with Crippen molar-refractivity contribution in [2.24, 2.45) is 0 Å². The van der Waals surface area contributed by atoms with Gasteiger partial charge in [-0.25, -0.2) is 4.98 Å². The molecule has 2 heterocycles. The molecule has 2 unspecified atom stereocenters. The molecule has 1 aliphatic rings. The molecule has 1 aromatic rings. The van der Waals surface area contributed by atoms with Gasteiger partial charge in [-0.3, -0.25) is 9.78 Å². The highest BCUT2D eigenvalue weighted by atomic mass is 32.2. The highest BCUT2D eigenvalue weighted by molar-refractivity contribution is 8.00. The lowest BCUT2D eigenvalue weighted by atomic mass is 10.2. The minimum absolute atomic E-state index is 0.0214. The van der Waals surface area contributed by atoms with Crippen molar-refractivity contribution in [3.05, 3.63) is 18.1 Å². The van der Waals surface area contributed by atoms with Crippen LogP contribution in [0.5, 0.6) is 0 Å². The lowest BCUT2D eigenvalue weighted by Gasteiger charge is -2.37. The number of nitrogens with zero attached hydrogens (tertiary/aromatic N) is 3. The van der Waals surface area contributed by atoms with Gasteiger partial charge in [0.15, 0.2) is 0 Å². The zero-order valence-corrected chi connectivity index (χ0v) is 12.4. The van der Waals surface area contributed by atoms with Crippen LogP contribution in [0.2, 0.25) is 0 Å². The molecule has 2 rings (SSSR count). The molecule has 5 nitrogen and oxygen atoms in total. The normalized spacial score (nSPS) is 23.2. The number of carbonyl (C=O) groups is 1. The van der Waals surface area contributed by atoms with Crippen molar-refractivity contribution in [3.63, 3.8) is 0 Å². The summed E-state index contributed by atoms with van der Waals surface area (Å²) in [5.41, 5.74) is 0.421. The summed E-state index contributed by atoms with van der Waals surface area (Å²) in [5.74, 6) is 1.62. The predicted molar refractivity (Wildman–Crippen MR) is 78.6 cm³/mol. The second-order valence-electron chi connectivity index (χ2n) is 4.63. The number of amides is 1. The average molecular weight is 280 g/mol. The summed E-state index contributed by atoms with van der Waals surface area (Å²) in [4.78, 5) is 22.8. The minimum atomic E-state index is -0.0214. The number of aromatic nitrogens is 2. The van der Waals surface area contributed by atoms with Gasteiger partial charge in [0.05, 0.1) is 12.4 Å². The first-order chi connectivity index (χ1) is 9.13. The topological polar surface area (TPSA) is 58.1 Å². The lowest BCUT2D eigenvalue weighted by Crippen LogP contribution is -2.48. The Morgan fingerprint density at radius 3 is 3.05 bits per heavy atom. The molecule has 0 aromatic carbocycles. The quantitative estimate of drug-likeness (QED) is 0.916. The molecule has 0 bridgehead atoms. The predicted octanol–water partition coefficient (Wildman–Crippen LogP) is 1.87. The van der Waals surface area contributed by atoms with Crippen LogP contribution >= 0.6 is 11.8 Å². The molecule has 1 fully saturated rings. The number of carbonyl (C=O) groups excluding carboxylic acids is 1. The third-order valence-corrected chi connectivity index (χ3v) is 4.69. The standard InChI is InChI=1S/C13H20N4OS/c1-4-15-12-8-14-7-11(16-12)13(18)17-5-6-19-10(3)9(17)2/h7-10H,4-6H2,1-3H3,(H,15,16). The fraction of sp³-hybridized carbons (Fsp3) is 0.615. The van der Waals surface area contributed by atoms with E-state index in [-0.39, 0.29) is 11.9 Å². The second-order valence-corrected chi connectivity index (χ2v) is 6.12. The fourth-order valence-electron chi connectivity index (χ4n) is 2.10. The summed E-state index contributed by atoms with van der Waals surface area (Å²) in [7, 11) is 0. The first-order valence-electron chi connectivity index (χ1n) is 6.62. The zero-order chi connectivity index (χ0) is 13.8. The smallest absolute Gasteiger partial charge is 0.274 e. The van der Waals surface area contributed by atoms with Crippen molar-refractivity contribution in [1.82, 2.24) is 14.9 Å². The van der Waals surface area contributed by atoms with Gasteiger partial charge in [0.25, 0.3) is 5.91 Å². The van der Waals surface area contributed by atoms with E-state index in [1.54, 1.807) is 12.4 Å². The van der Waals surface area contributed by atoms with Crippen LogP contribution in [0.1, 0.15) is 31.3 Å². The van der Waals surface area contributed by atoms with Gasteiger partial charge in [0, 0.05) is 30.1 Å². The fourth-order valence-corrected chi connectivity index (χ4v) is 3.20. The molecule has 1 aromatic heterocycles. The van der Waals surface area contributed by atoms with Crippen LogP contribution in [-0.2, 0) is 0 Å². The van der Waals surface area contributed by atoms with Gasteiger partial charge in [0.1, 0.15) is 11.5 Å². The molecule has 0 spiro atoms. The Morgan fingerprint density at radius 2 is 2.32 bits per heavy atom. The summed E-state index contributed by atoms with van der Waals surface area (Å²) in [6.07, 6.45) is 3.18. The van der Waals surface area contributed by atoms with Crippen LogP contribution in [0.4, 0.5) is 5.82 Å². The molecule has 1 aliphatic heterocycles. The van der Waals surface area contributed by atoms with Crippen molar-refractivity contribution in [1.29, 1.82) is 0 Å². The molecule has 19 heavy (non-hydrogen) atoms. The number of hydrogen-bond acceptors (Lipinski definition) is 5. The van der Waals surface area contributed by atoms with E-state index in [2.05, 4.69) is 29.1 Å². The van der Waals surface area contributed by atoms with E-state index >= 15 is 0 Å². The molecule has 1 amide bonds. The van der Waals surface area contributed by atoms with E-state index in [1.165, 1.54) is 0 Å². The van der Waals surface area contributed by atoms with E-state index in [0.29, 0.717) is 16.8 Å². The number of nitrogens with one attached hydrogen (secondary N) is 1. The zero-order valence-electron chi connectivity index (χ0n) is 11.6. The van der Waals surface area contributed by atoms with Crippen LogP contribution in [0, 0.1) is 0 Å². The van der Waals surface area contributed by atoms with E-state index < -0.39 is 0 Å². The van der Waals surface area contributed by atoms with Gasteiger partial charge in [-0.2, -0.15) is 11.8 Å². The number of rotatable bonds is 3. The number of anilines is 1. The molecular weight excluding hydrogens is 260 g/mol. The van der Waals surface area contributed by atoms with Crippen molar-refractivity contribution in [2.75, 3.05) is 24.2 Å². The van der Waals surface area contributed by atoms with Gasteiger partial charge in [-0.05, 0) is 13.8 Å². The highest BCUT2D eigenvalue weighted by Crippen LogP contribution is 2.25. The van der Waals surface area contributed by atoms with Gasteiger partial charge in [0.2, 0.25) is 0 Å². The van der Waals surface area contributed by atoms with Gasteiger partial charge in [-0.1, -0.05) is 6.92 Å². The van der Waals surface area contributed by atoms with E-state index in [9.17, 15) is 4.79 Å². The van der Waals surface area contributed by atoms with Crippen LogP contribution in [0.15, 0.2) is 12.4 Å². The molecule has 6 heteroatoms. The molecule has 0 aliphatic carbocycles. The maximum Gasteiger partial charge on any atom is 0.274 e. The molecule has 104 valence electrons. The van der Waals surface area contributed by atoms with Crippen molar-refractivity contribution in [2.45, 2.75) is 32.1 Å².